The fraction of sp³-hybridized carbons (Fsp3) is 0.154. The highest BCUT2D eigenvalue weighted by atomic mass is 31.2. The van der Waals surface area contributed by atoms with Crippen LogP contribution in [0.5, 0.6) is 0 Å². The highest BCUT2D eigenvalue weighted by molar-refractivity contribution is 7.58. The maximum absolute atomic E-state index is 12.5. The van der Waals surface area contributed by atoms with Gasteiger partial charge in [0.1, 0.15) is 23.6 Å². The first-order valence-corrected chi connectivity index (χ1v) is 8.08. The molecule has 0 spiro atoms. The molecule has 0 aliphatic carbocycles. The molecule has 0 aliphatic heterocycles. The lowest BCUT2D eigenvalue weighted by Gasteiger charge is -2.18. The van der Waals surface area contributed by atoms with Crippen molar-refractivity contribution < 1.29 is 23.2 Å². The minimum absolute atomic E-state index is 0.172. The molecule has 2 aromatic rings. The van der Waals surface area contributed by atoms with Crippen LogP contribution < -0.4 is 10.2 Å². The lowest BCUT2D eigenvalue weighted by Crippen LogP contribution is -2.13. The normalized spacial score (nSPS) is 13.3. The summed E-state index contributed by atoms with van der Waals surface area (Å²) >= 11 is 0. The van der Waals surface area contributed by atoms with E-state index in [9.17, 15) is 19.5 Å². The fourth-order valence-electron chi connectivity index (χ4n) is 1.66. The Balaban J connectivity index is 2.02. The van der Waals surface area contributed by atoms with Crippen molar-refractivity contribution >= 4 is 25.5 Å². The van der Waals surface area contributed by atoms with Crippen LogP contribution in [0.15, 0.2) is 40.8 Å². The number of benzene rings is 1. The van der Waals surface area contributed by atoms with Crippen molar-refractivity contribution in [2.45, 2.75) is 6.61 Å². The largest absolute Gasteiger partial charge is 0.433 e. The van der Waals surface area contributed by atoms with Crippen LogP contribution in [0.3, 0.4) is 0 Å². The number of rotatable bonds is 8. The summed E-state index contributed by atoms with van der Waals surface area (Å²) < 4.78 is 22.7. The first kappa shape index (κ1) is 16.9. The number of carbonyl (C=O) groups excluding carboxylic acids is 1. The van der Waals surface area contributed by atoms with Crippen LogP contribution in [0.25, 0.3) is 0 Å². The zero-order valence-corrected chi connectivity index (χ0v) is 13.0. The topological polar surface area (TPSA) is 124 Å². The lowest BCUT2D eigenvalue weighted by molar-refractivity contribution is -0.402. The van der Waals surface area contributed by atoms with Crippen LogP contribution >= 0.6 is 7.67 Å². The third kappa shape index (κ3) is 4.49. The van der Waals surface area contributed by atoms with E-state index in [2.05, 4.69) is 10.2 Å². The third-order valence-electron chi connectivity index (χ3n) is 2.83. The molecule has 1 heterocycles. The van der Waals surface area contributed by atoms with Gasteiger partial charge in [0.05, 0.1) is 6.07 Å². The van der Waals surface area contributed by atoms with Crippen LogP contribution in [-0.2, 0) is 15.7 Å². The molecule has 0 saturated heterocycles. The highest BCUT2D eigenvalue weighted by Gasteiger charge is 2.22. The first-order chi connectivity index (χ1) is 11.0. The van der Waals surface area contributed by atoms with Crippen LogP contribution in [0.2, 0.25) is 0 Å². The Morgan fingerprint density at radius 3 is 2.52 bits per heavy atom. The molecule has 0 fully saturated rings. The van der Waals surface area contributed by atoms with E-state index in [1.54, 1.807) is 24.3 Å². The Bertz CT molecular complexity index is 742. The van der Waals surface area contributed by atoms with Gasteiger partial charge in [-0.3, -0.25) is 19.4 Å². The van der Waals surface area contributed by atoms with Gasteiger partial charge in [0.25, 0.3) is 0 Å². The smallest absolute Gasteiger partial charge is 0.403 e. The molecule has 0 amide bonds. The SMILES string of the molecule is CNP(=O)(Nc1ccc(C=O)cc1)OCc1ccc([N+](=O)[O-])o1. The molecule has 122 valence electrons. The van der Waals surface area contributed by atoms with Gasteiger partial charge in [0, 0.05) is 11.3 Å². The van der Waals surface area contributed by atoms with E-state index < -0.39 is 18.5 Å². The predicted octanol–water partition coefficient (Wildman–Crippen LogP) is 2.96. The van der Waals surface area contributed by atoms with Gasteiger partial charge in [-0.1, -0.05) is 0 Å². The number of nitrogens with zero attached hydrogens (tertiary/aromatic N) is 1. The predicted molar refractivity (Wildman–Crippen MR) is 82.3 cm³/mol. The number of nitrogens with one attached hydrogen (secondary N) is 2. The Morgan fingerprint density at radius 2 is 2.00 bits per heavy atom. The van der Waals surface area contributed by atoms with Crippen molar-refractivity contribution in [2.75, 3.05) is 12.1 Å². The molecule has 10 heteroatoms. The van der Waals surface area contributed by atoms with E-state index in [1.165, 1.54) is 19.2 Å². The number of hydrogen-bond donors (Lipinski definition) is 2. The quantitative estimate of drug-likeness (QED) is 0.325. The molecule has 9 nitrogen and oxygen atoms in total. The number of nitro groups is 1. The summed E-state index contributed by atoms with van der Waals surface area (Å²) in [6.07, 6.45) is 0.696. The van der Waals surface area contributed by atoms with E-state index in [4.69, 9.17) is 8.94 Å². The monoisotopic (exact) mass is 339 g/mol. The van der Waals surface area contributed by atoms with Gasteiger partial charge in [0.2, 0.25) is 0 Å². The number of carbonyl (C=O) groups is 1. The summed E-state index contributed by atoms with van der Waals surface area (Å²) in [7, 11) is -2.00. The lowest BCUT2D eigenvalue weighted by atomic mass is 10.2. The second-order valence-corrected chi connectivity index (χ2v) is 6.43. The van der Waals surface area contributed by atoms with Gasteiger partial charge in [-0.05, 0) is 37.4 Å². The van der Waals surface area contributed by atoms with Gasteiger partial charge in [-0.15, -0.1) is 0 Å². The molecule has 0 aliphatic rings. The van der Waals surface area contributed by atoms with Crippen molar-refractivity contribution in [3.8, 4) is 0 Å². The number of anilines is 1. The van der Waals surface area contributed by atoms with Gasteiger partial charge >= 0.3 is 13.6 Å². The summed E-state index contributed by atoms with van der Waals surface area (Å²) in [5.74, 6) is -0.245. The summed E-state index contributed by atoms with van der Waals surface area (Å²) in [5.41, 5.74) is 0.970. The van der Waals surface area contributed by atoms with Crippen molar-refractivity contribution in [1.29, 1.82) is 0 Å². The standard InChI is InChI=1S/C13H14N3O6P/c1-14-23(20,15-11-4-2-10(8-17)3-5-11)21-9-12-6-7-13(22-12)16(18)19/h2-8H,9H2,1H3,(H2,14,15,20). The highest BCUT2D eigenvalue weighted by Crippen LogP contribution is 2.42. The Kier molecular flexibility index (Phi) is 5.28. The molecule has 1 aromatic carbocycles. The summed E-state index contributed by atoms with van der Waals surface area (Å²) in [6, 6.07) is 8.84. The zero-order valence-electron chi connectivity index (χ0n) is 12.1. The zero-order chi connectivity index (χ0) is 16.9. The molecule has 23 heavy (non-hydrogen) atoms. The van der Waals surface area contributed by atoms with E-state index in [1.807, 2.05) is 0 Å². The molecular formula is C13H14N3O6P. The van der Waals surface area contributed by atoms with Gasteiger partial charge in [-0.2, -0.15) is 0 Å². The first-order valence-electron chi connectivity index (χ1n) is 6.46. The molecule has 2 rings (SSSR count). The minimum atomic E-state index is -3.44. The van der Waals surface area contributed by atoms with Crippen molar-refractivity contribution in [3.05, 3.63) is 57.8 Å². The average Bonchev–Trinajstić information content (AvgIpc) is 3.03. The van der Waals surface area contributed by atoms with Gasteiger partial charge in [-0.25, -0.2) is 9.65 Å². The van der Waals surface area contributed by atoms with Crippen LogP contribution in [0.4, 0.5) is 11.6 Å². The van der Waals surface area contributed by atoms with E-state index >= 15 is 0 Å². The second-order valence-electron chi connectivity index (χ2n) is 4.40. The van der Waals surface area contributed by atoms with Crippen LogP contribution in [-0.4, -0.2) is 18.3 Å². The molecule has 0 saturated carbocycles. The van der Waals surface area contributed by atoms with E-state index in [0.29, 0.717) is 17.5 Å². The average molecular weight is 339 g/mol. The maximum Gasteiger partial charge on any atom is 0.433 e. The number of furan rings is 1. The molecule has 1 atom stereocenters. The molecule has 1 aromatic heterocycles. The summed E-state index contributed by atoms with van der Waals surface area (Å²) in [4.78, 5) is 20.5. The van der Waals surface area contributed by atoms with E-state index in [0.717, 1.165) is 0 Å². The van der Waals surface area contributed by atoms with Gasteiger partial charge in [0.15, 0.2) is 0 Å². The van der Waals surface area contributed by atoms with Crippen LogP contribution in [0, 0.1) is 10.1 Å². The van der Waals surface area contributed by atoms with Crippen molar-refractivity contribution in [2.24, 2.45) is 0 Å². The Labute approximate surface area is 131 Å². The minimum Gasteiger partial charge on any atom is -0.403 e. The summed E-state index contributed by atoms with van der Waals surface area (Å²) in [6.45, 7) is -0.217. The fourth-order valence-corrected chi connectivity index (χ4v) is 2.76. The Morgan fingerprint density at radius 1 is 1.30 bits per heavy atom. The number of hydrogen-bond acceptors (Lipinski definition) is 6. The summed E-state index contributed by atoms with van der Waals surface area (Å²) in [5, 5.41) is 15.8. The van der Waals surface area contributed by atoms with Crippen molar-refractivity contribution in [1.82, 2.24) is 5.09 Å². The molecule has 2 N–H and O–H groups in total. The molecule has 0 radical (unpaired) electrons. The number of aldehydes is 1. The maximum atomic E-state index is 12.5. The van der Waals surface area contributed by atoms with Gasteiger partial charge < -0.3 is 9.50 Å². The molecule has 1 unspecified atom stereocenters. The van der Waals surface area contributed by atoms with Crippen molar-refractivity contribution in [3.63, 3.8) is 0 Å². The van der Waals surface area contributed by atoms with Crippen LogP contribution in [0.1, 0.15) is 16.1 Å². The second kappa shape index (κ2) is 7.19. The Hall–Kier alpha value is -2.48. The third-order valence-corrected chi connectivity index (χ3v) is 4.47. The molecule has 0 bridgehead atoms. The van der Waals surface area contributed by atoms with E-state index in [-0.39, 0.29) is 12.4 Å². The molecular weight excluding hydrogens is 325 g/mol.